The van der Waals surface area contributed by atoms with Gasteiger partial charge < -0.3 is 0 Å². The summed E-state index contributed by atoms with van der Waals surface area (Å²) in [5.41, 5.74) is -0.0261. The molecule has 0 bridgehead atoms. The Labute approximate surface area is 88.1 Å². The maximum absolute atomic E-state index is 8.63. The zero-order valence-corrected chi connectivity index (χ0v) is 9.64. The van der Waals surface area contributed by atoms with E-state index in [1.807, 2.05) is 6.92 Å². The second kappa shape index (κ2) is 4.01. The molecule has 1 N–H and O–H groups in total. The van der Waals surface area contributed by atoms with Crippen molar-refractivity contribution in [3.05, 3.63) is 5.82 Å². The summed E-state index contributed by atoms with van der Waals surface area (Å²) in [6.07, 6.45) is 0. The maximum Gasteiger partial charge on any atom is 0.209 e. The van der Waals surface area contributed by atoms with Crippen molar-refractivity contribution in [2.75, 3.05) is 0 Å². The lowest BCUT2D eigenvalue weighted by Gasteiger charge is -2.12. The van der Waals surface area contributed by atoms with E-state index in [-0.39, 0.29) is 10.7 Å². The second-order valence-electron chi connectivity index (χ2n) is 4.11. The molecular formula is C9H14N4S. The minimum Gasteiger partial charge on any atom is -0.262 e. The Kier molecular flexibility index (Phi) is 3.17. The molecule has 0 aliphatic rings. The van der Waals surface area contributed by atoms with Gasteiger partial charge in [-0.2, -0.15) is 5.26 Å². The average Bonchev–Trinajstić information content (AvgIpc) is 2.51. The first kappa shape index (κ1) is 11.1. The van der Waals surface area contributed by atoms with Crippen LogP contribution in [-0.2, 0) is 5.41 Å². The van der Waals surface area contributed by atoms with Crippen molar-refractivity contribution in [3.8, 4) is 6.07 Å². The maximum atomic E-state index is 8.63. The number of rotatable bonds is 2. The molecule has 1 heterocycles. The second-order valence-corrected chi connectivity index (χ2v) is 5.41. The van der Waals surface area contributed by atoms with E-state index < -0.39 is 0 Å². The fourth-order valence-corrected chi connectivity index (χ4v) is 1.43. The number of thioether (sulfide) groups is 1. The van der Waals surface area contributed by atoms with Gasteiger partial charge in [0, 0.05) is 5.41 Å². The summed E-state index contributed by atoms with van der Waals surface area (Å²) in [4.78, 5) is 4.31. The van der Waals surface area contributed by atoms with E-state index in [4.69, 9.17) is 5.26 Å². The smallest absolute Gasteiger partial charge is 0.209 e. The van der Waals surface area contributed by atoms with Gasteiger partial charge in [0.05, 0.1) is 11.3 Å². The number of nitriles is 1. The molecule has 0 saturated carbocycles. The number of hydrogen-bond donors (Lipinski definition) is 1. The highest BCUT2D eigenvalue weighted by Crippen LogP contribution is 2.23. The Balaban J connectivity index is 2.75. The molecule has 1 atom stereocenters. The number of aromatic nitrogens is 3. The van der Waals surface area contributed by atoms with Crippen molar-refractivity contribution in [3.63, 3.8) is 0 Å². The summed E-state index contributed by atoms with van der Waals surface area (Å²) in [7, 11) is 0. The van der Waals surface area contributed by atoms with Crippen molar-refractivity contribution >= 4 is 11.8 Å². The van der Waals surface area contributed by atoms with Crippen LogP contribution < -0.4 is 0 Å². The summed E-state index contributed by atoms with van der Waals surface area (Å²) in [6, 6.07) is 2.13. The SMILES string of the molecule is CC(C#N)Sc1n[nH]c(C(C)(C)C)n1. The van der Waals surface area contributed by atoms with Gasteiger partial charge in [-0.3, -0.25) is 5.10 Å². The molecule has 0 radical (unpaired) electrons. The molecule has 4 nitrogen and oxygen atoms in total. The molecule has 0 spiro atoms. The highest BCUT2D eigenvalue weighted by Gasteiger charge is 2.19. The van der Waals surface area contributed by atoms with E-state index in [0.717, 1.165) is 5.82 Å². The largest absolute Gasteiger partial charge is 0.262 e. The summed E-state index contributed by atoms with van der Waals surface area (Å²) < 4.78 is 0. The molecular weight excluding hydrogens is 196 g/mol. The van der Waals surface area contributed by atoms with Gasteiger partial charge in [0.15, 0.2) is 0 Å². The monoisotopic (exact) mass is 210 g/mol. The van der Waals surface area contributed by atoms with Gasteiger partial charge >= 0.3 is 0 Å². The van der Waals surface area contributed by atoms with Crippen molar-refractivity contribution < 1.29 is 0 Å². The Bertz CT molecular complexity index is 344. The van der Waals surface area contributed by atoms with Gasteiger partial charge in [0.1, 0.15) is 5.82 Å². The van der Waals surface area contributed by atoms with Crippen LogP contribution in [0.5, 0.6) is 0 Å². The van der Waals surface area contributed by atoms with Gasteiger partial charge in [-0.25, -0.2) is 4.98 Å². The number of aromatic amines is 1. The van der Waals surface area contributed by atoms with Crippen molar-refractivity contribution in [2.24, 2.45) is 0 Å². The zero-order chi connectivity index (χ0) is 10.8. The third-order valence-electron chi connectivity index (χ3n) is 1.64. The summed E-state index contributed by atoms with van der Waals surface area (Å²) in [5.74, 6) is 0.852. The highest BCUT2D eigenvalue weighted by atomic mass is 32.2. The Hall–Kier alpha value is -1.02. The van der Waals surface area contributed by atoms with Crippen LogP contribution in [0.1, 0.15) is 33.5 Å². The fraction of sp³-hybridized carbons (Fsp3) is 0.667. The topological polar surface area (TPSA) is 65.4 Å². The molecule has 76 valence electrons. The van der Waals surface area contributed by atoms with E-state index in [2.05, 4.69) is 42.0 Å². The van der Waals surface area contributed by atoms with Crippen molar-refractivity contribution in [1.29, 1.82) is 5.26 Å². The number of hydrogen-bond acceptors (Lipinski definition) is 4. The van der Waals surface area contributed by atoms with Gasteiger partial charge in [0.25, 0.3) is 0 Å². The number of nitrogens with one attached hydrogen (secondary N) is 1. The Morgan fingerprint density at radius 1 is 1.50 bits per heavy atom. The minimum atomic E-state index is -0.112. The third kappa shape index (κ3) is 2.74. The molecule has 1 aromatic heterocycles. The van der Waals surface area contributed by atoms with Crippen LogP contribution in [0.3, 0.4) is 0 Å². The standard InChI is InChI=1S/C9H14N4S/c1-6(5-10)14-8-11-7(12-13-8)9(2,3)4/h6H,1-4H3,(H,11,12,13). The van der Waals surface area contributed by atoms with Crippen LogP contribution in [0.25, 0.3) is 0 Å². The molecule has 5 heteroatoms. The molecule has 0 aromatic carbocycles. The summed E-state index contributed by atoms with van der Waals surface area (Å²) in [6.45, 7) is 8.03. The number of nitrogens with zero attached hydrogens (tertiary/aromatic N) is 3. The van der Waals surface area contributed by atoms with E-state index in [0.29, 0.717) is 5.16 Å². The first-order valence-corrected chi connectivity index (χ1v) is 5.30. The van der Waals surface area contributed by atoms with Gasteiger partial charge in [-0.1, -0.05) is 32.5 Å². The first-order valence-electron chi connectivity index (χ1n) is 4.42. The predicted molar refractivity (Wildman–Crippen MR) is 56.0 cm³/mol. The molecule has 0 fully saturated rings. The Morgan fingerprint density at radius 2 is 2.14 bits per heavy atom. The quantitative estimate of drug-likeness (QED) is 0.759. The zero-order valence-electron chi connectivity index (χ0n) is 8.83. The van der Waals surface area contributed by atoms with Crippen molar-refractivity contribution in [1.82, 2.24) is 15.2 Å². The lowest BCUT2D eigenvalue weighted by Crippen LogP contribution is -2.13. The lowest BCUT2D eigenvalue weighted by molar-refractivity contribution is 0.547. The molecule has 0 aliphatic heterocycles. The van der Waals surface area contributed by atoms with Gasteiger partial charge in [0.2, 0.25) is 5.16 Å². The molecule has 1 aromatic rings. The Morgan fingerprint density at radius 3 is 2.57 bits per heavy atom. The van der Waals surface area contributed by atoms with E-state index in [9.17, 15) is 0 Å². The summed E-state index contributed by atoms with van der Waals surface area (Å²) >= 11 is 1.37. The van der Waals surface area contributed by atoms with Gasteiger partial charge in [-0.05, 0) is 6.92 Å². The first-order chi connectivity index (χ1) is 6.43. The fourth-order valence-electron chi connectivity index (χ4n) is 0.819. The van der Waals surface area contributed by atoms with Crippen LogP contribution in [-0.4, -0.2) is 20.4 Å². The van der Waals surface area contributed by atoms with Crippen molar-refractivity contribution in [2.45, 2.75) is 43.5 Å². The van der Waals surface area contributed by atoms with Crippen LogP contribution in [0, 0.1) is 11.3 Å². The van der Waals surface area contributed by atoms with Gasteiger partial charge in [-0.15, -0.1) is 5.10 Å². The lowest BCUT2D eigenvalue weighted by atomic mass is 9.96. The van der Waals surface area contributed by atoms with E-state index in [1.165, 1.54) is 11.8 Å². The minimum absolute atomic E-state index is 0.0261. The predicted octanol–water partition coefficient (Wildman–Crippen LogP) is 2.11. The van der Waals surface area contributed by atoms with Crippen LogP contribution in [0.4, 0.5) is 0 Å². The molecule has 0 saturated heterocycles. The van der Waals surface area contributed by atoms with Crippen LogP contribution in [0.2, 0.25) is 0 Å². The highest BCUT2D eigenvalue weighted by molar-refractivity contribution is 7.99. The van der Waals surface area contributed by atoms with Crippen LogP contribution in [0.15, 0.2) is 5.16 Å². The molecule has 1 unspecified atom stereocenters. The summed E-state index contributed by atoms with van der Waals surface area (Å²) in [5, 5.41) is 16.1. The molecule has 1 rings (SSSR count). The number of H-pyrrole nitrogens is 1. The van der Waals surface area contributed by atoms with Crippen LogP contribution >= 0.6 is 11.8 Å². The molecule has 14 heavy (non-hydrogen) atoms. The van der Waals surface area contributed by atoms with E-state index in [1.54, 1.807) is 0 Å². The normalized spacial score (nSPS) is 13.6. The molecule has 0 amide bonds. The molecule has 0 aliphatic carbocycles. The van der Waals surface area contributed by atoms with E-state index >= 15 is 0 Å². The average molecular weight is 210 g/mol. The third-order valence-corrected chi connectivity index (χ3v) is 2.49.